The fourth-order valence-electron chi connectivity index (χ4n) is 2.74. The van der Waals surface area contributed by atoms with Crippen LogP contribution in [-0.4, -0.2) is 55.6 Å². The Morgan fingerprint density at radius 2 is 1.88 bits per heavy atom. The molecular weight excluding hydrogens is 328 g/mol. The van der Waals surface area contributed by atoms with Gasteiger partial charge in [0, 0.05) is 11.8 Å². The van der Waals surface area contributed by atoms with Crippen LogP contribution in [0.2, 0.25) is 0 Å². The molecule has 0 aliphatic carbocycles. The normalized spacial score (nSPS) is 25.9. The van der Waals surface area contributed by atoms with Crippen molar-refractivity contribution in [2.24, 2.45) is 0 Å². The molecule has 8 heteroatoms. The topological polar surface area (TPSA) is 122 Å². The zero-order valence-corrected chi connectivity index (χ0v) is 13.2. The fourth-order valence-corrected chi connectivity index (χ4v) is 2.74. The zero-order chi connectivity index (χ0) is 18.0. The highest BCUT2D eigenvalue weighted by Gasteiger charge is 2.43. The number of carbonyl (C=O) groups excluding carboxylic acids is 1. The maximum Gasteiger partial charge on any atom is 0.350 e. The van der Waals surface area contributed by atoms with Crippen LogP contribution in [0.5, 0.6) is 0 Å². The number of hydrogen-bond donors (Lipinski definition) is 3. The summed E-state index contributed by atoms with van der Waals surface area (Å²) in [5.41, 5.74) is 0.104. The molecule has 0 amide bonds. The predicted molar refractivity (Wildman–Crippen MR) is 86.0 cm³/mol. The van der Waals surface area contributed by atoms with Crippen molar-refractivity contribution in [3.05, 3.63) is 64.3 Å². The average molecular weight is 346 g/mol. The highest BCUT2D eigenvalue weighted by atomic mass is 16.6. The lowest BCUT2D eigenvalue weighted by Crippen LogP contribution is -2.36. The summed E-state index contributed by atoms with van der Waals surface area (Å²) in [7, 11) is 0. The van der Waals surface area contributed by atoms with Crippen LogP contribution in [0.3, 0.4) is 0 Å². The molecule has 2 aromatic rings. The minimum atomic E-state index is -1.37. The van der Waals surface area contributed by atoms with Gasteiger partial charge >= 0.3 is 5.69 Å². The van der Waals surface area contributed by atoms with Gasteiger partial charge in [-0.15, -0.1) is 0 Å². The molecule has 0 radical (unpaired) electrons. The van der Waals surface area contributed by atoms with Crippen molar-refractivity contribution in [2.45, 2.75) is 31.0 Å². The number of aliphatic hydroxyl groups is 3. The van der Waals surface area contributed by atoms with Crippen LogP contribution in [0.1, 0.15) is 22.3 Å². The third kappa shape index (κ3) is 3.52. The molecule has 0 saturated carbocycles. The first-order chi connectivity index (χ1) is 12.0. The Bertz CT molecular complexity index is 806. The number of rotatable bonds is 5. The van der Waals surface area contributed by atoms with E-state index in [0.29, 0.717) is 11.3 Å². The molecule has 0 unspecified atom stereocenters. The Kier molecular flexibility index (Phi) is 5.05. The first-order valence-corrected chi connectivity index (χ1v) is 7.80. The van der Waals surface area contributed by atoms with Crippen molar-refractivity contribution < 1.29 is 24.9 Å². The Morgan fingerprint density at radius 1 is 1.16 bits per heavy atom. The Labute approximate surface area is 143 Å². The van der Waals surface area contributed by atoms with Crippen LogP contribution in [0.15, 0.2) is 47.4 Å². The van der Waals surface area contributed by atoms with Gasteiger partial charge in [-0.25, -0.2) is 4.79 Å². The summed E-state index contributed by atoms with van der Waals surface area (Å²) in [5, 5.41) is 28.8. The first-order valence-electron chi connectivity index (χ1n) is 7.80. The molecule has 1 aromatic heterocycles. The third-order valence-corrected chi connectivity index (χ3v) is 4.12. The third-order valence-electron chi connectivity index (χ3n) is 4.12. The number of carbonyl (C=O) groups is 1. The van der Waals surface area contributed by atoms with Crippen LogP contribution < -0.4 is 5.69 Å². The summed E-state index contributed by atoms with van der Waals surface area (Å²) in [4.78, 5) is 28.2. The van der Waals surface area contributed by atoms with E-state index < -0.39 is 36.8 Å². The number of nitrogens with zero attached hydrogens (tertiary/aromatic N) is 2. The number of aromatic nitrogens is 2. The van der Waals surface area contributed by atoms with E-state index in [0.717, 1.165) is 4.57 Å². The summed E-state index contributed by atoms with van der Waals surface area (Å²) >= 11 is 0. The number of aliphatic hydroxyl groups excluding tert-OH is 3. The van der Waals surface area contributed by atoms with Gasteiger partial charge in [0.25, 0.3) is 0 Å². The quantitative estimate of drug-likeness (QED) is 0.611. The molecule has 1 saturated heterocycles. The number of benzene rings is 1. The highest BCUT2D eigenvalue weighted by Crippen LogP contribution is 2.27. The molecule has 4 atom stereocenters. The summed E-state index contributed by atoms with van der Waals surface area (Å²) in [6.45, 7) is -0.486. The van der Waals surface area contributed by atoms with Crippen molar-refractivity contribution in [3.8, 4) is 0 Å². The van der Waals surface area contributed by atoms with Gasteiger partial charge in [-0.2, -0.15) is 4.98 Å². The van der Waals surface area contributed by atoms with Crippen LogP contribution in [0.4, 0.5) is 0 Å². The number of ether oxygens (including phenoxy) is 1. The van der Waals surface area contributed by atoms with E-state index in [1.807, 2.05) is 0 Å². The molecule has 1 fully saturated rings. The molecular formula is C17H18N2O6. The smallest absolute Gasteiger partial charge is 0.350 e. The van der Waals surface area contributed by atoms with Crippen molar-refractivity contribution in [1.82, 2.24) is 9.55 Å². The second-order valence-electron chi connectivity index (χ2n) is 5.80. The Balaban J connectivity index is 1.78. The Hall–Kier alpha value is -2.39. The predicted octanol–water partition coefficient (Wildman–Crippen LogP) is -0.720. The second kappa shape index (κ2) is 7.24. The standard InChI is InChI=1S/C17H18N2O6/c20-9-13-14(22)15(23)16(25-13)19-7-6-11(18-17(19)24)8-12(21)10-4-2-1-3-5-10/h1-7,13-16,20,22-23H,8-9H2/t13-,14-,15-,16-/m1/s1. The van der Waals surface area contributed by atoms with E-state index in [1.54, 1.807) is 30.3 Å². The SMILES string of the molecule is O=C(Cc1ccn([C@@H]2O[C@H](CO)[C@@H](O)[C@H]2O)c(=O)n1)c1ccccc1. The van der Waals surface area contributed by atoms with Gasteiger partial charge in [0.1, 0.15) is 18.3 Å². The summed E-state index contributed by atoms with van der Waals surface area (Å²) < 4.78 is 6.33. The number of hydrogen-bond acceptors (Lipinski definition) is 7. The van der Waals surface area contributed by atoms with E-state index in [4.69, 9.17) is 9.84 Å². The molecule has 2 heterocycles. The molecule has 0 spiro atoms. The number of ketones is 1. The first kappa shape index (κ1) is 17.4. The molecule has 3 N–H and O–H groups in total. The largest absolute Gasteiger partial charge is 0.394 e. The van der Waals surface area contributed by atoms with E-state index in [-0.39, 0.29) is 12.2 Å². The molecule has 132 valence electrons. The molecule has 3 rings (SSSR count). The Morgan fingerprint density at radius 3 is 2.48 bits per heavy atom. The maximum absolute atomic E-state index is 12.2. The maximum atomic E-state index is 12.2. The lowest BCUT2D eigenvalue weighted by molar-refractivity contribution is -0.0550. The minimum absolute atomic E-state index is 0.0317. The van der Waals surface area contributed by atoms with E-state index in [9.17, 15) is 19.8 Å². The van der Waals surface area contributed by atoms with Gasteiger partial charge in [0.2, 0.25) is 0 Å². The highest BCUT2D eigenvalue weighted by molar-refractivity contribution is 5.97. The van der Waals surface area contributed by atoms with Gasteiger partial charge < -0.3 is 20.1 Å². The molecule has 1 aliphatic heterocycles. The fraction of sp³-hybridized carbons (Fsp3) is 0.353. The van der Waals surface area contributed by atoms with E-state index in [2.05, 4.69) is 4.98 Å². The summed E-state index contributed by atoms with van der Waals surface area (Å²) in [5.74, 6) is -0.168. The zero-order valence-electron chi connectivity index (χ0n) is 13.2. The van der Waals surface area contributed by atoms with Gasteiger partial charge in [0.15, 0.2) is 12.0 Å². The van der Waals surface area contributed by atoms with E-state index in [1.165, 1.54) is 12.3 Å². The van der Waals surface area contributed by atoms with Crippen LogP contribution in [0.25, 0.3) is 0 Å². The second-order valence-corrected chi connectivity index (χ2v) is 5.80. The van der Waals surface area contributed by atoms with Gasteiger partial charge in [-0.05, 0) is 6.07 Å². The van der Waals surface area contributed by atoms with Crippen molar-refractivity contribution in [1.29, 1.82) is 0 Å². The molecule has 1 aliphatic rings. The molecule has 25 heavy (non-hydrogen) atoms. The molecule has 1 aromatic carbocycles. The number of Topliss-reactive ketones (excluding diaryl/α,β-unsaturated/α-hetero) is 1. The van der Waals surface area contributed by atoms with Crippen molar-refractivity contribution in [3.63, 3.8) is 0 Å². The lowest BCUT2D eigenvalue weighted by Gasteiger charge is -2.17. The van der Waals surface area contributed by atoms with Crippen LogP contribution >= 0.6 is 0 Å². The van der Waals surface area contributed by atoms with Gasteiger partial charge in [-0.3, -0.25) is 9.36 Å². The monoisotopic (exact) mass is 346 g/mol. The van der Waals surface area contributed by atoms with Crippen LogP contribution in [-0.2, 0) is 11.2 Å². The van der Waals surface area contributed by atoms with Crippen LogP contribution in [0, 0.1) is 0 Å². The van der Waals surface area contributed by atoms with Gasteiger partial charge in [0.05, 0.1) is 18.7 Å². The molecule has 8 nitrogen and oxygen atoms in total. The summed E-state index contributed by atoms with van der Waals surface area (Å²) in [6, 6.07) is 10.2. The van der Waals surface area contributed by atoms with Crippen molar-refractivity contribution >= 4 is 5.78 Å². The average Bonchev–Trinajstić information content (AvgIpc) is 2.91. The van der Waals surface area contributed by atoms with Gasteiger partial charge in [-0.1, -0.05) is 30.3 Å². The van der Waals surface area contributed by atoms with E-state index >= 15 is 0 Å². The molecule has 0 bridgehead atoms. The van der Waals surface area contributed by atoms with Crippen molar-refractivity contribution in [2.75, 3.05) is 6.61 Å². The minimum Gasteiger partial charge on any atom is -0.394 e. The lowest BCUT2D eigenvalue weighted by atomic mass is 10.1. The summed E-state index contributed by atoms with van der Waals surface area (Å²) in [6.07, 6.45) is -3.48.